The molecule has 3 rings (SSSR count). The first-order valence-corrected chi connectivity index (χ1v) is 10.0. The summed E-state index contributed by atoms with van der Waals surface area (Å²) in [6.45, 7) is 8.01. The van der Waals surface area contributed by atoms with Crippen molar-refractivity contribution < 1.29 is 19.1 Å². The minimum absolute atomic E-state index is 0.0674. The average Bonchev–Trinajstić information content (AvgIpc) is 3.46. The molecule has 8 heteroatoms. The highest BCUT2D eigenvalue weighted by Crippen LogP contribution is 2.23. The lowest BCUT2D eigenvalue weighted by Gasteiger charge is -2.37. The summed E-state index contributed by atoms with van der Waals surface area (Å²) in [6, 6.07) is 0.160. The fourth-order valence-corrected chi connectivity index (χ4v) is 3.70. The van der Waals surface area contributed by atoms with E-state index in [0.29, 0.717) is 55.5 Å². The van der Waals surface area contributed by atoms with Crippen LogP contribution in [0.2, 0.25) is 0 Å². The van der Waals surface area contributed by atoms with Gasteiger partial charge in [-0.2, -0.15) is 0 Å². The van der Waals surface area contributed by atoms with E-state index < -0.39 is 5.97 Å². The molecule has 28 heavy (non-hydrogen) atoms. The van der Waals surface area contributed by atoms with Crippen molar-refractivity contribution in [2.75, 3.05) is 33.3 Å². The van der Waals surface area contributed by atoms with Crippen LogP contribution in [0, 0.1) is 6.92 Å². The molecule has 2 fully saturated rings. The van der Waals surface area contributed by atoms with Crippen LogP contribution in [-0.2, 0) is 16.0 Å². The summed E-state index contributed by atoms with van der Waals surface area (Å²) in [7, 11) is 1.34. The number of nitrogens with zero attached hydrogens (tertiary/aromatic N) is 2. The van der Waals surface area contributed by atoms with Gasteiger partial charge in [-0.25, -0.2) is 4.79 Å². The van der Waals surface area contributed by atoms with Crippen molar-refractivity contribution in [2.45, 2.75) is 52.1 Å². The Labute approximate surface area is 165 Å². The number of piperazine rings is 1. The van der Waals surface area contributed by atoms with Crippen LogP contribution in [0.4, 0.5) is 0 Å². The highest BCUT2D eigenvalue weighted by molar-refractivity contribution is 6.00. The molecule has 1 aromatic rings. The number of hydrogen-bond donors (Lipinski definition) is 2. The van der Waals surface area contributed by atoms with Crippen molar-refractivity contribution >= 4 is 17.8 Å². The van der Waals surface area contributed by atoms with Gasteiger partial charge >= 0.3 is 5.97 Å². The van der Waals surface area contributed by atoms with E-state index in [1.54, 1.807) is 11.8 Å². The highest BCUT2D eigenvalue weighted by atomic mass is 16.5. The predicted octanol–water partition coefficient (Wildman–Crippen LogP) is 1.10. The Balaban J connectivity index is 1.64. The van der Waals surface area contributed by atoms with Gasteiger partial charge < -0.3 is 19.9 Å². The molecule has 1 saturated carbocycles. The number of hydrogen-bond acceptors (Lipinski definition) is 5. The van der Waals surface area contributed by atoms with Gasteiger partial charge in [0.15, 0.2) is 0 Å². The quantitative estimate of drug-likeness (QED) is 0.710. The number of esters is 1. The third kappa shape index (κ3) is 4.06. The Morgan fingerprint density at radius 2 is 1.86 bits per heavy atom. The van der Waals surface area contributed by atoms with Gasteiger partial charge in [0.05, 0.1) is 18.7 Å². The van der Waals surface area contributed by atoms with Crippen molar-refractivity contribution in [1.82, 2.24) is 20.1 Å². The SMILES string of the molecule is CCc1[nH]c(C(=O)N2CCN([C@H](C)C(=O)NC3CC3)CC2)c(C)c1C(=O)OC. The third-order valence-corrected chi connectivity index (χ3v) is 5.74. The summed E-state index contributed by atoms with van der Waals surface area (Å²) >= 11 is 0. The van der Waals surface area contributed by atoms with Gasteiger partial charge in [-0.1, -0.05) is 6.92 Å². The van der Waals surface area contributed by atoms with Crippen molar-refractivity contribution in [1.29, 1.82) is 0 Å². The first-order chi connectivity index (χ1) is 13.4. The molecule has 2 aliphatic rings. The van der Waals surface area contributed by atoms with Crippen molar-refractivity contribution in [2.24, 2.45) is 0 Å². The first-order valence-electron chi connectivity index (χ1n) is 10.0. The number of methoxy groups -OCH3 is 1. The number of aromatic amines is 1. The monoisotopic (exact) mass is 390 g/mol. The number of nitrogens with one attached hydrogen (secondary N) is 2. The van der Waals surface area contributed by atoms with Crippen LogP contribution in [0.15, 0.2) is 0 Å². The smallest absolute Gasteiger partial charge is 0.339 e. The molecule has 1 saturated heterocycles. The predicted molar refractivity (Wildman–Crippen MR) is 104 cm³/mol. The first kappa shape index (κ1) is 20.4. The molecule has 1 atom stereocenters. The lowest BCUT2D eigenvalue weighted by atomic mass is 10.1. The molecule has 0 unspecified atom stereocenters. The number of carbonyl (C=O) groups excluding carboxylic acids is 3. The molecule has 8 nitrogen and oxygen atoms in total. The van der Waals surface area contributed by atoms with E-state index in [9.17, 15) is 14.4 Å². The normalized spacial score (nSPS) is 18.6. The van der Waals surface area contributed by atoms with Crippen LogP contribution >= 0.6 is 0 Å². The van der Waals surface area contributed by atoms with Gasteiger partial charge in [-0.15, -0.1) is 0 Å². The summed E-state index contributed by atoms with van der Waals surface area (Å²) in [4.78, 5) is 44.4. The van der Waals surface area contributed by atoms with Crippen LogP contribution in [0.1, 0.15) is 58.8 Å². The summed E-state index contributed by atoms with van der Waals surface area (Å²) in [5.74, 6) is -0.472. The van der Waals surface area contributed by atoms with E-state index in [2.05, 4.69) is 15.2 Å². The molecule has 0 spiro atoms. The maximum atomic E-state index is 13.0. The van der Waals surface area contributed by atoms with Gasteiger partial charge in [0, 0.05) is 37.9 Å². The lowest BCUT2D eigenvalue weighted by Crippen LogP contribution is -2.55. The van der Waals surface area contributed by atoms with Gasteiger partial charge in [0.2, 0.25) is 5.91 Å². The van der Waals surface area contributed by atoms with E-state index >= 15 is 0 Å². The second-order valence-electron chi connectivity index (χ2n) is 7.61. The van der Waals surface area contributed by atoms with Crippen molar-refractivity contribution in [3.63, 3.8) is 0 Å². The number of aromatic nitrogens is 1. The lowest BCUT2D eigenvalue weighted by molar-refractivity contribution is -0.126. The zero-order valence-electron chi connectivity index (χ0n) is 17.1. The molecule has 1 aliphatic heterocycles. The molecule has 0 radical (unpaired) electrons. The van der Waals surface area contributed by atoms with Crippen molar-refractivity contribution in [3.05, 3.63) is 22.5 Å². The second-order valence-corrected chi connectivity index (χ2v) is 7.61. The van der Waals surface area contributed by atoms with E-state index in [4.69, 9.17) is 4.74 Å². The summed E-state index contributed by atoms with van der Waals surface area (Å²) in [5.41, 5.74) is 2.26. The Bertz CT molecular complexity index is 761. The summed E-state index contributed by atoms with van der Waals surface area (Å²) < 4.78 is 4.86. The molecule has 2 heterocycles. The Hall–Kier alpha value is -2.35. The molecule has 0 bridgehead atoms. The fourth-order valence-electron chi connectivity index (χ4n) is 3.70. The van der Waals surface area contributed by atoms with Crippen LogP contribution in [0.5, 0.6) is 0 Å². The second kappa shape index (κ2) is 8.34. The number of amides is 2. The topological polar surface area (TPSA) is 94.7 Å². The largest absolute Gasteiger partial charge is 0.465 e. The van der Waals surface area contributed by atoms with Gasteiger partial charge in [0.1, 0.15) is 5.69 Å². The van der Waals surface area contributed by atoms with Gasteiger partial charge in [0.25, 0.3) is 5.91 Å². The highest BCUT2D eigenvalue weighted by Gasteiger charge is 2.32. The zero-order valence-corrected chi connectivity index (χ0v) is 17.1. The van der Waals surface area contributed by atoms with Gasteiger partial charge in [-0.3, -0.25) is 14.5 Å². The molecular weight excluding hydrogens is 360 g/mol. The van der Waals surface area contributed by atoms with Crippen LogP contribution in [0.25, 0.3) is 0 Å². The maximum absolute atomic E-state index is 13.0. The molecule has 2 amide bonds. The number of H-pyrrole nitrogens is 1. The minimum Gasteiger partial charge on any atom is -0.465 e. The molecule has 1 aliphatic carbocycles. The van der Waals surface area contributed by atoms with E-state index in [0.717, 1.165) is 18.5 Å². The number of aryl methyl sites for hydroxylation is 1. The molecule has 154 valence electrons. The molecule has 2 N–H and O–H groups in total. The average molecular weight is 390 g/mol. The Morgan fingerprint density at radius 1 is 1.21 bits per heavy atom. The molecule has 1 aromatic heterocycles. The maximum Gasteiger partial charge on any atom is 0.339 e. The summed E-state index contributed by atoms with van der Waals surface area (Å²) in [6.07, 6.45) is 2.76. The van der Waals surface area contributed by atoms with Crippen molar-refractivity contribution in [3.8, 4) is 0 Å². The van der Waals surface area contributed by atoms with Crippen LogP contribution in [-0.4, -0.2) is 77.9 Å². The number of rotatable bonds is 6. The van der Waals surface area contributed by atoms with E-state index in [-0.39, 0.29) is 17.9 Å². The molecular formula is C20H30N4O4. The Kier molecular flexibility index (Phi) is 6.07. The molecule has 0 aromatic carbocycles. The van der Waals surface area contributed by atoms with Gasteiger partial charge in [-0.05, 0) is 38.7 Å². The Morgan fingerprint density at radius 3 is 2.39 bits per heavy atom. The number of ether oxygens (including phenoxy) is 1. The fraction of sp³-hybridized carbons (Fsp3) is 0.650. The minimum atomic E-state index is -0.426. The van der Waals surface area contributed by atoms with Crippen LogP contribution in [0.3, 0.4) is 0 Å². The number of carbonyl (C=O) groups is 3. The third-order valence-electron chi connectivity index (χ3n) is 5.74. The van der Waals surface area contributed by atoms with Crippen LogP contribution < -0.4 is 5.32 Å². The standard InChI is InChI=1S/C20H30N4O4/c1-5-15-16(20(27)28-4)12(2)17(22-15)19(26)24-10-8-23(9-11-24)13(3)18(25)21-14-6-7-14/h13-14,22H,5-11H2,1-4H3,(H,21,25)/t13-/m1/s1. The van der Waals surface area contributed by atoms with E-state index in [1.165, 1.54) is 7.11 Å². The summed E-state index contributed by atoms with van der Waals surface area (Å²) in [5, 5.41) is 3.04. The zero-order chi connectivity index (χ0) is 20.4. The van der Waals surface area contributed by atoms with E-state index in [1.807, 2.05) is 13.8 Å².